The number of nitrogens with one attached hydrogen (secondary N) is 1. The molecule has 4 atom stereocenters. The number of hydrogen-bond donors (Lipinski definition) is 1. The molecule has 0 bridgehead atoms. The van der Waals surface area contributed by atoms with Crippen LogP contribution in [0.15, 0.2) is 0 Å². The molecule has 0 aromatic carbocycles. The maximum absolute atomic E-state index is 13.2. The fourth-order valence-electron chi connectivity index (χ4n) is 5.17. The Bertz CT molecular complexity index is 523. The molecule has 29 heavy (non-hydrogen) atoms. The van der Waals surface area contributed by atoms with Gasteiger partial charge in [-0.1, -0.05) is 67.7 Å². The Balaban J connectivity index is 2.62. The molecular weight excluding hydrogens is 358 g/mol. The summed E-state index contributed by atoms with van der Waals surface area (Å²) in [5.74, 6) is 2.26. The number of rotatable bonds is 13. The molecule has 4 unspecified atom stereocenters. The van der Waals surface area contributed by atoms with Gasteiger partial charge < -0.3 is 5.32 Å². The first-order valence-corrected chi connectivity index (χ1v) is 12.4. The Labute approximate surface area is 181 Å². The van der Waals surface area contributed by atoms with E-state index in [0.717, 1.165) is 57.4 Å². The van der Waals surface area contributed by atoms with Gasteiger partial charge in [0.2, 0.25) is 0 Å². The van der Waals surface area contributed by atoms with Crippen LogP contribution >= 0.6 is 0 Å². The first kappa shape index (κ1) is 26.3. The molecule has 0 heterocycles. The average molecular weight is 408 g/mol. The third-order valence-corrected chi connectivity index (χ3v) is 7.86. The van der Waals surface area contributed by atoms with Crippen molar-refractivity contribution >= 4 is 11.6 Å². The lowest BCUT2D eigenvalue weighted by Gasteiger charge is -2.36. The second-order valence-corrected chi connectivity index (χ2v) is 10.7. The molecule has 0 saturated heterocycles. The SMILES string of the molecule is CCCC(C)(CC)C(=O)C(C)CC(C)CNC(C)(CC)C(=O)C1CCC(C)CC1. The molecule has 0 radical (unpaired) electrons. The minimum absolute atomic E-state index is 0.0757. The lowest BCUT2D eigenvalue weighted by Crippen LogP contribution is -2.53. The fourth-order valence-corrected chi connectivity index (χ4v) is 5.17. The van der Waals surface area contributed by atoms with E-state index in [0.29, 0.717) is 17.5 Å². The van der Waals surface area contributed by atoms with E-state index in [-0.39, 0.29) is 17.3 Å². The number of carbonyl (C=O) groups excluding carboxylic acids is 2. The monoisotopic (exact) mass is 407 g/mol. The van der Waals surface area contributed by atoms with Gasteiger partial charge in [0, 0.05) is 17.3 Å². The van der Waals surface area contributed by atoms with Crippen LogP contribution in [0.2, 0.25) is 0 Å². The highest BCUT2D eigenvalue weighted by Crippen LogP contribution is 2.34. The zero-order valence-electron chi connectivity index (χ0n) is 20.7. The van der Waals surface area contributed by atoms with Crippen LogP contribution in [-0.2, 0) is 9.59 Å². The van der Waals surface area contributed by atoms with Gasteiger partial charge in [0.1, 0.15) is 5.78 Å². The lowest BCUT2D eigenvalue weighted by molar-refractivity contribution is -0.133. The van der Waals surface area contributed by atoms with E-state index >= 15 is 0 Å². The van der Waals surface area contributed by atoms with Crippen LogP contribution in [0.1, 0.15) is 113 Å². The summed E-state index contributed by atoms with van der Waals surface area (Å²) in [5, 5.41) is 3.62. The molecule has 1 fully saturated rings. The summed E-state index contributed by atoms with van der Waals surface area (Å²) < 4.78 is 0. The first-order valence-electron chi connectivity index (χ1n) is 12.4. The molecule has 0 aromatic rings. The molecule has 0 spiro atoms. The third-order valence-electron chi connectivity index (χ3n) is 7.86. The number of Topliss-reactive ketones (excluding diaryl/α,β-unsaturated/α-hetero) is 2. The second-order valence-electron chi connectivity index (χ2n) is 10.7. The molecular formula is C26H49NO2. The zero-order chi connectivity index (χ0) is 22.2. The topological polar surface area (TPSA) is 46.2 Å². The summed E-state index contributed by atoms with van der Waals surface area (Å²) in [5.41, 5.74) is -0.625. The van der Waals surface area contributed by atoms with Crippen LogP contribution in [0.25, 0.3) is 0 Å². The molecule has 170 valence electrons. The van der Waals surface area contributed by atoms with Crippen molar-refractivity contribution in [1.29, 1.82) is 0 Å². The maximum atomic E-state index is 13.2. The van der Waals surface area contributed by atoms with E-state index in [4.69, 9.17) is 0 Å². The van der Waals surface area contributed by atoms with E-state index in [1.54, 1.807) is 0 Å². The van der Waals surface area contributed by atoms with Gasteiger partial charge in [0.25, 0.3) is 0 Å². The Kier molecular flexibility index (Phi) is 10.6. The Morgan fingerprint density at radius 1 is 1.00 bits per heavy atom. The van der Waals surface area contributed by atoms with Crippen molar-refractivity contribution < 1.29 is 9.59 Å². The average Bonchev–Trinajstić information content (AvgIpc) is 2.71. The lowest BCUT2D eigenvalue weighted by atomic mass is 9.73. The summed E-state index contributed by atoms with van der Waals surface area (Å²) in [7, 11) is 0. The van der Waals surface area contributed by atoms with Gasteiger partial charge in [0.05, 0.1) is 5.54 Å². The van der Waals surface area contributed by atoms with Gasteiger partial charge in [-0.05, 0) is 63.8 Å². The van der Waals surface area contributed by atoms with E-state index in [1.807, 2.05) is 0 Å². The molecule has 0 aromatic heterocycles. The molecule has 3 heteroatoms. The van der Waals surface area contributed by atoms with Crippen molar-refractivity contribution in [2.75, 3.05) is 6.54 Å². The van der Waals surface area contributed by atoms with E-state index in [1.165, 1.54) is 12.8 Å². The summed E-state index contributed by atoms with van der Waals surface area (Å²) in [6.07, 6.45) is 9.11. The Hall–Kier alpha value is -0.700. The molecule has 3 nitrogen and oxygen atoms in total. The summed E-state index contributed by atoms with van der Waals surface area (Å²) >= 11 is 0. The summed E-state index contributed by atoms with van der Waals surface area (Å²) in [6.45, 7) is 18.0. The largest absolute Gasteiger partial charge is 0.305 e. The summed E-state index contributed by atoms with van der Waals surface area (Å²) in [4.78, 5) is 26.3. The highest BCUT2D eigenvalue weighted by molar-refractivity contribution is 5.90. The van der Waals surface area contributed by atoms with Gasteiger partial charge in [-0.3, -0.25) is 9.59 Å². The normalized spacial score (nSPS) is 26.2. The van der Waals surface area contributed by atoms with E-state index in [2.05, 4.69) is 60.7 Å². The quantitative estimate of drug-likeness (QED) is 0.375. The van der Waals surface area contributed by atoms with Crippen molar-refractivity contribution in [2.45, 2.75) is 119 Å². The van der Waals surface area contributed by atoms with Crippen molar-refractivity contribution in [3.63, 3.8) is 0 Å². The molecule has 1 saturated carbocycles. The van der Waals surface area contributed by atoms with Crippen molar-refractivity contribution in [3.8, 4) is 0 Å². The highest BCUT2D eigenvalue weighted by Gasteiger charge is 2.38. The summed E-state index contributed by atoms with van der Waals surface area (Å²) in [6, 6.07) is 0. The van der Waals surface area contributed by atoms with E-state index < -0.39 is 5.54 Å². The van der Waals surface area contributed by atoms with Crippen LogP contribution < -0.4 is 5.32 Å². The molecule has 1 N–H and O–H groups in total. The molecule has 1 rings (SSSR count). The van der Waals surface area contributed by atoms with Crippen LogP contribution in [-0.4, -0.2) is 23.7 Å². The first-order chi connectivity index (χ1) is 13.5. The van der Waals surface area contributed by atoms with Crippen molar-refractivity contribution in [3.05, 3.63) is 0 Å². The minimum atomic E-state index is -0.438. The maximum Gasteiger partial charge on any atom is 0.155 e. The zero-order valence-corrected chi connectivity index (χ0v) is 20.7. The predicted octanol–water partition coefficient (Wildman–Crippen LogP) is 6.59. The third kappa shape index (κ3) is 7.19. The standard InChI is InChI=1S/C26H49NO2/c1-9-16-25(7,10-2)23(28)21(6)17-20(5)18-27-26(8,11-3)24(29)22-14-12-19(4)13-15-22/h19-22,27H,9-18H2,1-8H3. The van der Waals surface area contributed by atoms with Crippen LogP contribution in [0.4, 0.5) is 0 Å². The molecule has 0 aliphatic heterocycles. The van der Waals surface area contributed by atoms with Gasteiger partial charge >= 0.3 is 0 Å². The van der Waals surface area contributed by atoms with Crippen LogP contribution in [0, 0.1) is 29.1 Å². The van der Waals surface area contributed by atoms with Gasteiger partial charge in [0.15, 0.2) is 5.78 Å². The van der Waals surface area contributed by atoms with Gasteiger partial charge in [-0.2, -0.15) is 0 Å². The molecule has 1 aliphatic rings. The fraction of sp³-hybridized carbons (Fsp3) is 0.923. The van der Waals surface area contributed by atoms with Gasteiger partial charge in [-0.15, -0.1) is 0 Å². The van der Waals surface area contributed by atoms with Crippen LogP contribution in [0.3, 0.4) is 0 Å². The minimum Gasteiger partial charge on any atom is -0.305 e. The van der Waals surface area contributed by atoms with Crippen LogP contribution in [0.5, 0.6) is 0 Å². The van der Waals surface area contributed by atoms with Gasteiger partial charge in [-0.25, -0.2) is 0 Å². The number of carbonyl (C=O) groups is 2. The molecule has 0 amide bonds. The van der Waals surface area contributed by atoms with E-state index in [9.17, 15) is 9.59 Å². The molecule has 1 aliphatic carbocycles. The predicted molar refractivity (Wildman–Crippen MR) is 124 cm³/mol. The second kappa shape index (κ2) is 11.6. The van der Waals surface area contributed by atoms with Crippen molar-refractivity contribution in [2.24, 2.45) is 29.1 Å². The Morgan fingerprint density at radius 2 is 1.59 bits per heavy atom. The number of hydrogen-bond acceptors (Lipinski definition) is 3. The van der Waals surface area contributed by atoms with Crippen molar-refractivity contribution in [1.82, 2.24) is 5.32 Å². The Morgan fingerprint density at radius 3 is 2.07 bits per heavy atom. The smallest absolute Gasteiger partial charge is 0.155 e. The highest BCUT2D eigenvalue weighted by atomic mass is 16.1. The number of ketones is 2.